The standard InChI is InChI=1S/C35H42N2O3/c1-21(2)19-37(32(39)14-9-24-6-5-22(3)23(4)17-24)28-11-10-27-29-18-26-30(38)12-13-31-33(26)35(27,34(28)40-31)15-16-36(29)20-25-7-8-25/h5-6,12-13,17,21,25,27-29,34,38H,7-8,10-11,15-16,18-20H2,1-4H3/t27-,28+,29+,34-,35-/m0/s1. The van der Waals surface area contributed by atoms with E-state index >= 15 is 0 Å². The lowest BCUT2D eigenvalue weighted by molar-refractivity contribution is -0.137. The van der Waals surface area contributed by atoms with Crippen LogP contribution in [0.1, 0.15) is 73.8 Å². The molecular weight excluding hydrogens is 496 g/mol. The fourth-order valence-corrected chi connectivity index (χ4v) is 8.57. The van der Waals surface area contributed by atoms with Crippen molar-refractivity contribution in [3.05, 3.63) is 58.1 Å². The second-order valence-electron chi connectivity index (χ2n) is 13.6. The first-order valence-corrected chi connectivity index (χ1v) is 15.4. The van der Waals surface area contributed by atoms with Crippen molar-refractivity contribution in [2.75, 3.05) is 19.6 Å². The van der Waals surface area contributed by atoms with Crippen molar-refractivity contribution in [2.45, 2.75) is 89.8 Å². The summed E-state index contributed by atoms with van der Waals surface area (Å²) >= 11 is 0. The van der Waals surface area contributed by atoms with Gasteiger partial charge in [-0.05, 0) is 112 Å². The fourth-order valence-electron chi connectivity index (χ4n) is 8.57. The molecule has 0 unspecified atom stereocenters. The summed E-state index contributed by atoms with van der Waals surface area (Å²) in [6.45, 7) is 11.5. The molecule has 5 nitrogen and oxygen atoms in total. The molecule has 1 spiro atoms. The van der Waals surface area contributed by atoms with Crippen LogP contribution in [0.25, 0.3) is 0 Å². The number of aromatic hydroxyl groups is 1. The van der Waals surface area contributed by atoms with Gasteiger partial charge in [-0.25, -0.2) is 0 Å². The molecule has 2 aromatic carbocycles. The molecule has 1 saturated heterocycles. The van der Waals surface area contributed by atoms with Crippen molar-refractivity contribution < 1.29 is 14.6 Å². The Labute approximate surface area is 238 Å². The summed E-state index contributed by atoms with van der Waals surface area (Å²) in [6, 6.07) is 10.3. The molecule has 5 atom stereocenters. The molecule has 1 amide bonds. The number of phenols is 1. The van der Waals surface area contributed by atoms with Gasteiger partial charge >= 0.3 is 0 Å². The Morgan fingerprint density at radius 3 is 2.73 bits per heavy atom. The largest absolute Gasteiger partial charge is 0.508 e. The van der Waals surface area contributed by atoms with Gasteiger partial charge in [0.15, 0.2) is 0 Å². The van der Waals surface area contributed by atoms with Crippen molar-refractivity contribution >= 4 is 5.91 Å². The minimum atomic E-state index is -0.147. The number of piperidine rings is 1. The normalized spacial score (nSPS) is 29.8. The number of aryl methyl sites for hydroxylation is 2. The average Bonchev–Trinajstić information content (AvgIpc) is 3.68. The number of likely N-dealkylation sites (tertiary alicyclic amines) is 1. The maximum atomic E-state index is 13.9. The Morgan fingerprint density at radius 2 is 1.98 bits per heavy atom. The molecule has 2 heterocycles. The summed E-state index contributed by atoms with van der Waals surface area (Å²) in [5, 5.41) is 11.1. The Bertz CT molecular complexity index is 1420. The van der Waals surface area contributed by atoms with Gasteiger partial charge in [0.1, 0.15) is 17.6 Å². The van der Waals surface area contributed by atoms with Gasteiger partial charge in [-0.2, -0.15) is 0 Å². The summed E-state index contributed by atoms with van der Waals surface area (Å²) in [5.41, 5.74) is 5.50. The molecule has 5 aliphatic rings. The molecule has 3 fully saturated rings. The molecule has 2 bridgehead atoms. The van der Waals surface area contributed by atoms with Gasteiger partial charge in [-0.3, -0.25) is 9.69 Å². The van der Waals surface area contributed by atoms with Crippen molar-refractivity contribution in [1.29, 1.82) is 0 Å². The summed E-state index contributed by atoms with van der Waals surface area (Å²) in [6.07, 6.45) is 6.57. The Hall–Kier alpha value is -2.97. The lowest BCUT2D eigenvalue weighted by Gasteiger charge is -2.60. The lowest BCUT2D eigenvalue weighted by atomic mass is 9.50. The summed E-state index contributed by atoms with van der Waals surface area (Å²) in [4.78, 5) is 18.7. The summed E-state index contributed by atoms with van der Waals surface area (Å²) in [7, 11) is 0. The monoisotopic (exact) mass is 538 g/mol. The van der Waals surface area contributed by atoms with Gasteiger partial charge in [0, 0.05) is 47.2 Å². The average molecular weight is 539 g/mol. The minimum absolute atomic E-state index is 0.0312. The highest BCUT2D eigenvalue weighted by Crippen LogP contribution is 2.64. The molecular formula is C35H42N2O3. The van der Waals surface area contributed by atoms with Gasteiger partial charge in [-0.1, -0.05) is 25.8 Å². The molecule has 2 aliphatic heterocycles. The van der Waals surface area contributed by atoms with Gasteiger partial charge in [-0.15, -0.1) is 0 Å². The van der Waals surface area contributed by atoms with Crippen molar-refractivity contribution in [2.24, 2.45) is 17.8 Å². The van der Waals surface area contributed by atoms with Crippen molar-refractivity contribution in [1.82, 2.24) is 9.80 Å². The van der Waals surface area contributed by atoms with E-state index in [1.54, 1.807) is 0 Å². The van der Waals surface area contributed by atoms with E-state index in [0.717, 1.165) is 55.0 Å². The summed E-state index contributed by atoms with van der Waals surface area (Å²) < 4.78 is 6.91. The lowest BCUT2D eigenvalue weighted by Crippen LogP contribution is -2.69. The summed E-state index contributed by atoms with van der Waals surface area (Å²) in [5.74, 6) is 9.09. The highest BCUT2D eigenvalue weighted by molar-refractivity contribution is 5.94. The molecule has 2 aromatic rings. The van der Waals surface area contributed by atoms with Crippen LogP contribution in [0.5, 0.6) is 11.5 Å². The maximum absolute atomic E-state index is 13.9. The molecule has 2 saturated carbocycles. The third-order valence-electron chi connectivity index (χ3n) is 10.7. The predicted octanol–water partition coefficient (Wildman–Crippen LogP) is 5.36. The SMILES string of the molecule is Cc1ccc(C#CC(=O)N(CC(C)C)[C@@H]2CC[C@H]3[C@H]4Cc5c(O)ccc6c5[C@@]3(CCN4CC3CC3)[C@H]2O6)cc1C. The van der Waals surface area contributed by atoms with Crippen LogP contribution in [0.2, 0.25) is 0 Å². The van der Waals surface area contributed by atoms with E-state index in [-0.39, 0.29) is 23.5 Å². The molecule has 210 valence electrons. The van der Waals surface area contributed by atoms with Crippen LogP contribution < -0.4 is 4.74 Å². The first kappa shape index (κ1) is 26.0. The smallest absolute Gasteiger partial charge is 0.299 e. The van der Waals surface area contributed by atoms with E-state index in [9.17, 15) is 9.90 Å². The first-order chi connectivity index (χ1) is 19.3. The molecule has 5 heteroatoms. The van der Waals surface area contributed by atoms with Gasteiger partial charge < -0.3 is 14.7 Å². The van der Waals surface area contributed by atoms with E-state index < -0.39 is 0 Å². The van der Waals surface area contributed by atoms with E-state index in [2.05, 4.69) is 56.6 Å². The number of ether oxygens (including phenoxy) is 1. The fraction of sp³-hybridized carbons (Fsp3) is 0.571. The molecule has 0 radical (unpaired) electrons. The van der Waals surface area contributed by atoms with Crippen molar-refractivity contribution in [3.8, 4) is 23.3 Å². The third kappa shape index (κ3) is 4.05. The van der Waals surface area contributed by atoms with E-state index in [4.69, 9.17) is 4.74 Å². The number of carbonyl (C=O) groups excluding carboxylic acids is 1. The van der Waals surface area contributed by atoms with Crippen molar-refractivity contribution in [3.63, 3.8) is 0 Å². The Balaban J connectivity index is 1.25. The zero-order chi connectivity index (χ0) is 27.8. The first-order valence-electron chi connectivity index (χ1n) is 15.4. The molecule has 7 rings (SSSR count). The highest BCUT2D eigenvalue weighted by atomic mass is 16.5. The van der Waals surface area contributed by atoms with Gasteiger partial charge in [0.2, 0.25) is 0 Å². The number of hydrogen-bond donors (Lipinski definition) is 1. The van der Waals surface area contributed by atoms with Crippen LogP contribution in [0.15, 0.2) is 30.3 Å². The van der Waals surface area contributed by atoms with Crippen LogP contribution >= 0.6 is 0 Å². The van der Waals surface area contributed by atoms with E-state index in [0.29, 0.717) is 30.2 Å². The topological polar surface area (TPSA) is 53.0 Å². The third-order valence-corrected chi connectivity index (χ3v) is 10.7. The zero-order valence-electron chi connectivity index (χ0n) is 24.4. The molecule has 1 N–H and O–H groups in total. The molecule has 40 heavy (non-hydrogen) atoms. The number of amides is 1. The number of benzene rings is 2. The maximum Gasteiger partial charge on any atom is 0.299 e. The molecule has 0 aromatic heterocycles. The number of phenolic OH excluding ortho intramolecular Hbond substituents is 1. The number of hydrogen-bond acceptors (Lipinski definition) is 4. The second-order valence-corrected chi connectivity index (χ2v) is 13.6. The van der Waals surface area contributed by atoms with Crippen LogP contribution in [0, 0.1) is 43.4 Å². The van der Waals surface area contributed by atoms with Gasteiger partial charge in [0.05, 0.1) is 6.04 Å². The van der Waals surface area contributed by atoms with Crippen LogP contribution in [0.3, 0.4) is 0 Å². The second kappa shape index (κ2) is 9.55. The Kier molecular flexibility index (Phi) is 6.20. The number of nitrogens with zero attached hydrogens (tertiary/aromatic N) is 2. The van der Waals surface area contributed by atoms with E-state index in [1.165, 1.54) is 36.1 Å². The quantitative estimate of drug-likeness (QED) is 0.521. The highest BCUT2D eigenvalue weighted by Gasteiger charge is 2.66. The van der Waals surface area contributed by atoms with Crippen LogP contribution in [-0.2, 0) is 16.6 Å². The number of carbonyl (C=O) groups is 1. The van der Waals surface area contributed by atoms with Crippen LogP contribution in [-0.4, -0.2) is 58.6 Å². The Morgan fingerprint density at radius 1 is 1.15 bits per heavy atom. The van der Waals surface area contributed by atoms with Crippen LogP contribution in [0.4, 0.5) is 0 Å². The van der Waals surface area contributed by atoms with E-state index in [1.807, 2.05) is 23.1 Å². The zero-order valence-corrected chi connectivity index (χ0v) is 24.4. The number of rotatable bonds is 5. The van der Waals surface area contributed by atoms with Gasteiger partial charge in [0.25, 0.3) is 5.91 Å². The molecule has 3 aliphatic carbocycles. The predicted molar refractivity (Wildman–Crippen MR) is 156 cm³/mol. The minimum Gasteiger partial charge on any atom is -0.508 e.